The molecule has 1 atom stereocenters. The second kappa shape index (κ2) is 4.92. The number of benzene rings is 1. The van der Waals surface area contributed by atoms with Gasteiger partial charge in [-0.1, -0.05) is 0 Å². The molecule has 1 aliphatic rings. The minimum atomic E-state index is -0.302. The van der Waals surface area contributed by atoms with E-state index in [1.807, 2.05) is 6.92 Å². The molecule has 2 rings (SSSR count). The first-order valence-corrected chi connectivity index (χ1v) is 6.63. The Morgan fingerprint density at radius 1 is 1.41 bits per heavy atom. The number of carbonyl (C=O) groups excluding carboxylic acids is 2. The van der Waals surface area contributed by atoms with Gasteiger partial charge in [-0.25, -0.2) is 0 Å². The van der Waals surface area contributed by atoms with Gasteiger partial charge in [-0.15, -0.1) is 11.8 Å². The van der Waals surface area contributed by atoms with E-state index in [1.54, 1.807) is 36.0 Å². The van der Waals surface area contributed by atoms with Crippen LogP contribution in [0.1, 0.15) is 30.1 Å². The molecule has 1 fully saturated rings. The molecule has 0 aromatic heterocycles. The van der Waals surface area contributed by atoms with E-state index in [4.69, 9.17) is 0 Å². The van der Waals surface area contributed by atoms with Crippen LogP contribution < -0.4 is 5.32 Å². The minimum absolute atomic E-state index is 0.0545. The summed E-state index contributed by atoms with van der Waals surface area (Å²) in [7, 11) is 0. The van der Waals surface area contributed by atoms with Gasteiger partial charge in [0, 0.05) is 11.3 Å². The van der Waals surface area contributed by atoms with Crippen molar-refractivity contribution in [2.45, 2.75) is 24.5 Å². The zero-order valence-corrected chi connectivity index (χ0v) is 10.5. The van der Waals surface area contributed by atoms with Crippen LogP contribution in [0, 0.1) is 0 Å². The summed E-state index contributed by atoms with van der Waals surface area (Å²) in [4.78, 5) is 22.6. The first-order valence-electron chi connectivity index (χ1n) is 5.65. The third kappa shape index (κ3) is 2.69. The summed E-state index contributed by atoms with van der Waals surface area (Å²) in [6, 6.07) is 6.91. The Morgan fingerprint density at radius 3 is 2.65 bits per heavy atom. The van der Waals surface area contributed by atoms with Gasteiger partial charge in [-0.05, 0) is 49.8 Å². The van der Waals surface area contributed by atoms with Crippen LogP contribution in [0.3, 0.4) is 0 Å². The Bertz CT molecular complexity index is 422. The Kier molecular flexibility index (Phi) is 3.52. The lowest BCUT2D eigenvalue weighted by atomic mass is 10.0. The molecule has 1 aliphatic heterocycles. The van der Waals surface area contributed by atoms with Crippen molar-refractivity contribution in [2.24, 2.45) is 0 Å². The molecule has 0 aliphatic carbocycles. The summed E-state index contributed by atoms with van der Waals surface area (Å²) in [6.45, 7) is 1.99. The van der Waals surface area contributed by atoms with Gasteiger partial charge >= 0.3 is 0 Å². The number of amides is 1. The van der Waals surface area contributed by atoms with E-state index >= 15 is 0 Å². The Balaban J connectivity index is 2.04. The molecule has 1 amide bonds. The van der Waals surface area contributed by atoms with Gasteiger partial charge in [0.05, 0.1) is 4.75 Å². The largest absolute Gasteiger partial charge is 0.325 e. The van der Waals surface area contributed by atoms with Gasteiger partial charge in [-0.3, -0.25) is 9.59 Å². The average molecular weight is 249 g/mol. The average Bonchev–Trinajstić information content (AvgIpc) is 2.78. The molecule has 90 valence electrons. The predicted molar refractivity (Wildman–Crippen MR) is 70.6 cm³/mol. The number of nitrogens with one attached hydrogen (secondary N) is 1. The van der Waals surface area contributed by atoms with E-state index in [0.29, 0.717) is 5.56 Å². The standard InChI is InChI=1S/C13H15NO2S/c1-13(7-2-8-17-13)12(16)14-11-5-3-10(9-15)4-6-11/h3-6,9H,2,7-8H2,1H3,(H,14,16). The highest BCUT2D eigenvalue weighted by Crippen LogP contribution is 2.38. The first kappa shape index (κ1) is 12.2. The van der Waals surface area contributed by atoms with Crippen LogP contribution >= 0.6 is 11.8 Å². The quantitative estimate of drug-likeness (QED) is 0.838. The van der Waals surface area contributed by atoms with Crippen LogP contribution in [-0.2, 0) is 4.79 Å². The van der Waals surface area contributed by atoms with Crippen molar-refractivity contribution >= 4 is 29.6 Å². The zero-order valence-electron chi connectivity index (χ0n) is 9.73. The van der Waals surface area contributed by atoms with Crippen molar-refractivity contribution in [1.29, 1.82) is 0 Å². The second-order valence-electron chi connectivity index (χ2n) is 4.38. The van der Waals surface area contributed by atoms with Crippen molar-refractivity contribution in [3.05, 3.63) is 29.8 Å². The fourth-order valence-corrected chi connectivity index (χ4v) is 3.08. The molecule has 3 nitrogen and oxygen atoms in total. The number of hydrogen-bond donors (Lipinski definition) is 1. The Labute approximate surface area is 105 Å². The maximum atomic E-state index is 12.1. The highest BCUT2D eigenvalue weighted by molar-refractivity contribution is 8.01. The van der Waals surface area contributed by atoms with Crippen LogP contribution in [0.15, 0.2) is 24.3 Å². The monoisotopic (exact) mass is 249 g/mol. The molecule has 1 aromatic carbocycles. The Hall–Kier alpha value is -1.29. The van der Waals surface area contributed by atoms with Crippen molar-refractivity contribution in [3.63, 3.8) is 0 Å². The fourth-order valence-electron chi connectivity index (χ4n) is 1.87. The molecule has 0 bridgehead atoms. The Morgan fingerprint density at radius 2 is 2.12 bits per heavy atom. The number of anilines is 1. The van der Waals surface area contributed by atoms with Crippen molar-refractivity contribution in [2.75, 3.05) is 11.1 Å². The zero-order chi connectivity index (χ0) is 12.3. The summed E-state index contributed by atoms with van der Waals surface area (Å²) >= 11 is 1.71. The molecule has 0 radical (unpaired) electrons. The molecule has 1 saturated heterocycles. The molecule has 1 N–H and O–H groups in total. The maximum Gasteiger partial charge on any atom is 0.240 e. The van der Waals surface area contributed by atoms with E-state index in [1.165, 1.54) is 0 Å². The number of rotatable bonds is 3. The van der Waals surface area contributed by atoms with Crippen molar-refractivity contribution in [3.8, 4) is 0 Å². The summed E-state index contributed by atoms with van der Waals surface area (Å²) in [5, 5.41) is 2.90. The molecular weight excluding hydrogens is 234 g/mol. The van der Waals surface area contributed by atoms with Crippen molar-refractivity contribution < 1.29 is 9.59 Å². The van der Waals surface area contributed by atoms with E-state index in [0.717, 1.165) is 30.6 Å². The highest BCUT2D eigenvalue weighted by Gasteiger charge is 2.37. The van der Waals surface area contributed by atoms with Gasteiger partial charge in [0.1, 0.15) is 6.29 Å². The molecule has 0 spiro atoms. The van der Waals surface area contributed by atoms with E-state index in [2.05, 4.69) is 5.32 Å². The molecule has 4 heteroatoms. The van der Waals surface area contributed by atoms with Gasteiger partial charge in [0.25, 0.3) is 0 Å². The number of thioether (sulfide) groups is 1. The number of carbonyl (C=O) groups is 2. The third-order valence-electron chi connectivity index (χ3n) is 3.00. The highest BCUT2D eigenvalue weighted by atomic mass is 32.2. The molecule has 1 aromatic rings. The molecular formula is C13H15NO2S. The van der Waals surface area contributed by atoms with Crippen LogP contribution in [-0.4, -0.2) is 22.7 Å². The van der Waals surface area contributed by atoms with Gasteiger partial charge < -0.3 is 5.32 Å². The van der Waals surface area contributed by atoms with Crippen LogP contribution in [0.4, 0.5) is 5.69 Å². The van der Waals surface area contributed by atoms with E-state index in [-0.39, 0.29) is 10.7 Å². The molecule has 1 heterocycles. The summed E-state index contributed by atoms with van der Waals surface area (Å²) < 4.78 is -0.302. The molecule has 17 heavy (non-hydrogen) atoms. The summed E-state index contributed by atoms with van der Waals surface area (Å²) in [5.41, 5.74) is 1.36. The van der Waals surface area contributed by atoms with E-state index in [9.17, 15) is 9.59 Å². The first-order chi connectivity index (χ1) is 8.14. The number of hydrogen-bond acceptors (Lipinski definition) is 3. The second-order valence-corrected chi connectivity index (χ2v) is 5.97. The third-order valence-corrected chi connectivity index (χ3v) is 4.52. The number of aldehydes is 1. The summed E-state index contributed by atoms with van der Waals surface area (Å²) in [6.07, 6.45) is 2.81. The van der Waals surface area contributed by atoms with Gasteiger partial charge in [0.15, 0.2) is 0 Å². The predicted octanol–water partition coefficient (Wildman–Crippen LogP) is 2.72. The van der Waals surface area contributed by atoms with Gasteiger partial charge in [-0.2, -0.15) is 0 Å². The summed E-state index contributed by atoms with van der Waals surface area (Å²) in [5.74, 6) is 1.10. The fraction of sp³-hybridized carbons (Fsp3) is 0.385. The van der Waals surface area contributed by atoms with Crippen LogP contribution in [0.5, 0.6) is 0 Å². The lowest BCUT2D eigenvalue weighted by Gasteiger charge is -2.21. The smallest absolute Gasteiger partial charge is 0.240 e. The van der Waals surface area contributed by atoms with Crippen LogP contribution in [0.2, 0.25) is 0 Å². The maximum absolute atomic E-state index is 12.1. The SMILES string of the molecule is CC1(C(=O)Nc2ccc(C=O)cc2)CCCS1. The van der Waals surface area contributed by atoms with Crippen molar-refractivity contribution in [1.82, 2.24) is 0 Å². The normalized spacial score (nSPS) is 23.4. The minimum Gasteiger partial charge on any atom is -0.325 e. The molecule has 1 unspecified atom stereocenters. The lowest BCUT2D eigenvalue weighted by Crippen LogP contribution is -2.34. The van der Waals surface area contributed by atoms with Gasteiger partial charge in [0.2, 0.25) is 5.91 Å². The van der Waals surface area contributed by atoms with Crippen LogP contribution in [0.25, 0.3) is 0 Å². The lowest BCUT2D eigenvalue weighted by molar-refractivity contribution is -0.118. The topological polar surface area (TPSA) is 46.2 Å². The van der Waals surface area contributed by atoms with E-state index < -0.39 is 0 Å². The molecule has 0 saturated carbocycles.